The van der Waals surface area contributed by atoms with Crippen molar-refractivity contribution >= 4 is 22.6 Å². The molecule has 2 N–H and O–H groups in total. The molecule has 5 rings (SSSR count). The number of aromatic nitrogens is 3. The van der Waals surface area contributed by atoms with Crippen LogP contribution in [-0.2, 0) is 9.53 Å². The number of carbonyl (C=O) groups excluding carboxylic acids is 1. The van der Waals surface area contributed by atoms with Crippen LogP contribution in [0.3, 0.4) is 0 Å². The van der Waals surface area contributed by atoms with Gasteiger partial charge in [0.25, 0.3) is 0 Å². The second-order valence-electron chi connectivity index (χ2n) is 8.44. The minimum absolute atomic E-state index is 0.219. The lowest BCUT2D eigenvalue weighted by Gasteiger charge is -2.25. The van der Waals surface area contributed by atoms with E-state index in [0.29, 0.717) is 29.2 Å². The van der Waals surface area contributed by atoms with Crippen molar-refractivity contribution in [3.8, 4) is 28.0 Å². The number of amides is 1. The van der Waals surface area contributed by atoms with E-state index in [9.17, 15) is 9.18 Å². The molecule has 0 unspecified atom stereocenters. The number of fused-ring (bicyclic) bond motifs is 1. The van der Waals surface area contributed by atoms with Crippen molar-refractivity contribution in [3.05, 3.63) is 73.1 Å². The van der Waals surface area contributed by atoms with Crippen LogP contribution in [0.25, 0.3) is 33.3 Å². The number of anilines is 1. The third kappa shape index (κ3) is 5.42. The van der Waals surface area contributed by atoms with E-state index < -0.39 is 5.95 Å². The first kappa shape index (κ1) is 23.7. The van der Waals surface area contributed by atoms with Crippen LogP contribution in [0.1, 0.15) is 0 Å². The van der Waals surface area contributed by atoms with Gasteiger partial charge in [0.1, 0.15) is 11.4 Å². The zero-order chi connectivity index (χ0) is 24.9. The molecule has 3 aromatic heterocycles. The first-order valence-electron chi connectivity index (χ1n) is 11.7. The van der Waals surface area contributed by atoms with E-state index in [1.807, 2.05) is 24.3 Å². The van der Waals surface area contributed by atoms with Crippen molar-refractivity contribution in [1.82, 2.24) is 19.9 Å². The smallest absolute Gasteiger partial charge is 0.248 e. The second kappa shape index (κ2) is 10.7. The Hall–Kier alpha value is -4.08. The van der Waals surface area contributed by atoms with Crippen LogP contribution in [0, 0.1) is 5.95 Å². The summed E-state index contributed by atoms with van der Waals surface area (Å²) in [6, 6.07) is 10.6. The predicted molar refractivity (Wildman–Crippen MR) is 136 cm³/mol. The summed E-state index contributed by atoms with van der Waals surface area (Å²) in [6.07, 6.45) is 8.39. The van der Waals surface area contributed by atoms with E-state index in [1.54, 1.807) is 37.7 Å². The highest BCUT2D eigenvalue weighted by Crippen LogP contribution is 2.33. The van der Waals surface area contributed by atoms with Gasteiger partial charge in [0.2, 0.25) is 11.9 Å². The molecule has 4 aromatic rings. The summed E-state index contributed by atoms with van der Waals surface area (Å²) in [6.45, 7) is 3.87. The minimum Gasteiger partial charge on any atom is -0.497 e. The Kier molecular flexibility index (Phi) is 7.01. The van der Waals surface area contributed by atoms with Crippen molar-refractivity contribution in [2.75, 3.05) is 45.3 Å². The van der Waals surface area contributed by atoms with Gasteiger partial charge in [0.15, 0.2) is 0 Å². The van der Waals surface area contributed by atoms with Crippen LogP contribution in [-0.4, -0.2) is 65.7 Å². The number of ether oxygens (including phenoxy) is 2. The molecule has 0 atom stereocenters. The van der Waals surface area contributed by atoms with Gasteiger partial charge in [0, 0.05) is 78.6 Å². The highest BCUT2D eigenvalue weighted by molar-refractivity contribution is 6.00. The van der Waals surface area contributed by atoms with Gasteiger partial charge in [0.05, 0.1) is 20.3 Å². The van der Waals surface area contributed by atoms with E-state index in [4.69, 9.17) is 9.47 Å². The lowest BCUT2D eigenvalue weighted by atomic mass is 10.0. The molecule has 8 nitrogen and oxygen atoms in total. The van der Waals surface area contributed by atoms with Crippen LogP contribution in [0.5, 0.6) is 5.75 Å². The maximum absolute atomic E-state index is 13.7. The third-order valence-electron chi connectivity index (χ3n) is 6.05. The molecule has 1 amide bonds. The van der Waals surface area contributed by atoms with Crippen molar-refractivity contribution < 1.29 is 18.7 Å². The maximum atomic E-state index is 13.7. The van der Waals surface area contributed by atoms with Crippen LogP contribution < -0.4 is 10.1 Å². The quantitative estimate of drug-likeness (QED) is 0.299. The normalized spacial score (nSPS) is 14.4. The molecule has 1 saturated heterocycles. The summed E-state index contributed by atoms with van der Waals surface area (Å²) < 4.78 is 24.5. The van der Waals surface area contributed by atoms with Crippen LogP contribution in [0.2, 0.25) is 0 Å². The monoisotopic (exact) mass is 487 g/mol. The number of nitrogens with zero attached hydrogens (tertiary/aromatic N) is 3. The van der Waals surface area contributed by atoms with Gasteiger partial charge in [-0.1, -0.05) is 6.08 Å². The molecule has 0 bridgehead atoms. The average molecular weight is 488 g/mol. The van der Waals surface area contributed by atoms with Crippen molar-refractivity contribution in [2.24, 2.45) is 0 Å². The van der Waals surface area contributed by atoms with Gasteiger partial charge in [-0.3, -0.25) is 9.69 Å². The molecule has 1 aromatic carbocycles. The lowest BCUT2D eigenvalue weighted by molar-refractivity contribution is -0.111. The number of rotatable bonds is 7. The number of H-pyrrole nitrogens is 1. The third-order valence-corrected chi connectivity index (χ3v) is 6.05. The number of carbonyl (C=O) groups is 1. The SMILES string of the molecule is COc1cc(NC(=O)/C=C/CN2CCOCC2)cc(-c2cnc3[nH]cc(-c4ccnc(F)c4)c3c2)c1. The van der Waals surface area contributed by atoms with Crippen molar-refractivity contribution in [1.29, 1.82) is 0 Å². The Bertz CT molecular complexity index is 1410. The Morgan fingerprint density at radius 2 is 2.03 bits per heavy atom. The molecule has 4 heterocycles. The number of halogens is 1. The summed E-state index contributed by atoms with van der Waals surface area (Å²) >= 11 is 0. The zero-order valence-electron chi connectivity index (χ0n) is 19.8. The molecule has 0 radical (unpaired) electrons. The number of nitrogens with one attached hydrogen (secondary N) is 2. The highest BCUT2D eigenvalue weighted by atomic mass is 19.1. The van der Waals surface area contributed by atoms with E-state index >= 15 is 0 Å². The fourth-order valence-electron chi connectivity index (χ4n) is 4.20. The molecule has 184 valence electrons. The Morgan fingerprint density at radius 3 is 2.83 bits per heavy atom. The Labute approximate surface area is 207 Å². The van der Waals surface area contributed by atoms with Crippen molar-refractivity contribution in [3.63, 3.8) is 0 Å². The topological polar surface area (TPSA) is 92.4 Å². The van der Waals surface area contributed by atoms with E-state index in [0.717, 1.165) is 48.4 Å². The zero-order valence-corrected chi connectivity index (χ0v) is 19.8. The Morgan fingerprint density at radius 1 is 1.17 bits per heavy atom. The largest absolute Gasteiger partial charge is 0.497 e. The van der Waals surface area contributed by atoms with Gasteiger partial charge >= 0.3 is 0 Å². The lowest BCUT2D eigenvalue weighted by Crippen LogP contribution is -2.36. The molecule has 0 spiro atoms. The van der Waals surface area contributed by atoms with Crippen LogP contribution in [0.4, 0.5) is 10.1 Å². The predicted octanol–water partition coefficient (Wildman–Crippen LogP) is 4.27. The fraction of sp³-hybridized carbons (Fsp3) is 0.222. The molecular weight excluding hydrogens is 461 g/mol. The van der Waals surface area contributed by atoms with E-state index in [2.05, 4.69) is 25.2 Å². The molecule has 9 heteroatoms. The molecule has 1 aliphatic heterocycles. The first-order chi connectivity index (χ1) is 17.6. The van der Waals surface area contributed by atoms with Gasteiger partial charge in [-0.2, -0.15) is 4.39 Å². The first-order valence-corrected chi connectivity index (χ1v) is 11.7. The number of benzene rings is 1. The Balaban J connectivity index is 1.39. The molecule has 0 saturated carbocycles. The average Bonchev–Trinajstić information content (AvgIpc) is 3.32. The number of hydrogen-bond acceptors (Lipinski definition) is 6. The van der Waals surface area contributed by atoms with Crippen LogP contribution >= 0.6 is 0 Å². The maximum Gasteiger partial charge on any atom is 0.248 e. The standard InChI is InChI=1S/C27H26FN5O3/c1-35-22-12-19(11-21(15-22)32-26(34)3-2-6-33-7-9-36-10-8-33)20-13-23-24(17-31-27(23)30-16-20)18-4-5-29-25(28)14-18/h2-5,11-17H,6-10H2,1H3,(H,30,31)(H,32,34)/b3-2+. The van der Waals surface area contributed by atoms with Gasteiger partial charge in [-0.25, -0.2) is 9.97 Å². The molecule has 1 fully saturated rings. The number of aromatic amines is 1. The number of methoxy groups -OCH3 is 1. The van der Waals surface area contributed by atoms with Gasteiger partial charge in [-0.05, 0) is 35.4 Å². The number of hydrogen-bond donors (Lipinski definition) is 2. The fourth-order valence-corrected chi connectivity index (χ4v) is 4.20. The highest BCUT2D eigenvalue weighted by Gasteiger charge is 2.12. The number of pyridine rings is 2. The molecule has 1 aliphatic rings. The van der Waals surface area contributed by atoms with Gasteiger partial charge < -0.3 is 19.8 Å². The molecule has 0 aliphatic carbocycles. The molecular formula is C27H26FN5O3. The summed E-state index contributed by atoms with van der Waals surface area (Å²) in [5.74, 6) is -0.160. The van der Waals surface area contributed by atoms with E-state index in [1.165, 1.54) is 12.3 Å². The van der Waals surface area contributed by atoms with E-state index in [-0.39, 0.29) is 5.91 Å². The molecule has 36 heavy (non-hydrogen) atoms. The summed E-state index contributed by atoms with van der Waals surface area (Å²) in [4.78, 5) is 26.1. The summed E-state index contributed by atoms with van der Waals surface area (Å²) in [7, 11) is 1.58. The van der Waals surface area contributed by atoms with Crippen LogP contribution in [0.15, 0.2) is 67.1 Å². The second-order valence-corrected chi connectivity index (χ2v) is 8.44. The van der Waals surface area contributed by atoms with Crippen molar-refractivity contribution in [2.45, 2.75) is 0 Å². The summed E-state index contributed by atoms with van der Waals surface area (Å²) in [5.41, 5.74) is 4.47. The minimum atomic E-state index is -0.543. The van der Waals surface area contributed by atoms with Gasteiger partial charge in [-0.15, -0.1) is 0 Å². The summed E-state index contributed by atoms with van der Waals surface area (Å²) in [5, 5.41) is 3.76. The number of morpholine rings is 1.